The molecule has 0 fully saturated rings. The number of pyridine rings is 1. The molecule has 0 aliphatic carbocycles. The number of anilines is 1. The second kappa shape index (κ2) is 8.29. The van der Waals surface area contributed by atoms with E-state index in [1.807, 2.05) is 13.8 Å². The third-order valence-corrected chi connectivity index (χ3v) is 5.14. The largest absolute Gasteiger partial charge is 0.501 e. The number of nitrogens with one attached hydrogen (secondary N) is 1. The van der Waals surface area contributed by atoms with Crippen molar-refractivity contribution in [2.75, 3.05) is 25.6 Å². The molecule has 1 aliphatic heterocycles. The van der Waals surface area contributed by atoms with Crippen molar-refractivity contribution < 1.29 is 18.7 Å². The highest BCUT2D eigenvalue weighted by molar-refractivity contribution is 6.30. The van der Waals surface area contributed by atoms with Crippen LogP contribution in [-0.4, -0.2) is 31.2 Å². The first-order valence-electron chi connectivity index (χ1n) is 8.90. The molecule has 1 aromatic heterocycles. The molecular weight excluding hydrogens is 383 g/mol. The summed E-state index contributed by atoms with van der Waals surface area (Å²) in [5, 5.41) is 3.20. The lowest BCUT2D eigenvalue weighted by atomic mass is 9.76. The van der Waals surface area contributed by atoms with Gasteiger partial charge in [0.1, 0.15) is 17.3 Å². The van der Waals surface area contributed by atoms with Gasteiger partial charge in [0, 0.05) is 29.3 Å². The molecule has 1 aliphatic rings. The molecular formula is C21H22ClFN2O3. The van der Waals surface area contributed by atoms with Crippen LogP contribution in [0.4, 0.5) is 10.1 Å². The molecule has 28 heavy (non-hydrogen) atoms. The summed E-state index contributed by atoms with van der Waals surface area (Å²) in [5.74, 6) is 0.0569. The number of halogens is 2. The molecule has 148 valence electrons. The summed E-state index contributed by atoms with van der Waals surface area (Å²) in [6.07, 6.45) is 2.05. The average molecular weight is 405 g/mol. The summed E-state index contributed by atoms with van der Waals surface area (Å²) in [7, 11) is 1.61. The Labute approximate surface area is 168 Å². The summed E-state index contributed by atoms with van der Waals surface area (Å²) in [6, 6.07) is 7.62. The molecule has 0 atom stereocenters. The van der Waals surface area contributed by atoms with Crippen molar-refractivity contribution in [2.24, 2.45) is 0 Å². The monoisotopic (exact) mass is 404 g/mol. The molecule has 0 spiro atoms. The molecule has 0 bridgehead atoms. The number of methoxy groups -OCH3 is 1. The Bertz CT molecular complexity index is 910. The number of benzene rings is 1. The van der Waals surface area contributed by atoms with Crippen LogP contribution >= 0.6 is 11.6 Å². The second-order valence-electron chi connectivity index (χ2n) is 7.04. The summed E-state index contributed by atoms with van der Waals surface area (Å²) in [5.41, 5.74) is 1.37. The van der Waals surface area contributed by atoms with Gasteiger partial charge in [-0.25, -0.2) is 9.37 Å². The van der Waals surface area contributed by atoms with Crippen molar-refractivity contribution in [3.05, 3.63) is 70.0 Å². The predicted octanol–water partition coefficient (Wildman–Crippen LogP) is 4.72. The van der Waals surface area contributed by atoms with Crippen molar-refractivity contribution in [3.63, 3.8) is 0 Å². The van der Waals surface area contributed by atoms with Gasteiger partial charge in [-0.05, 0) is 35.9 Å². The SMILES string of the molecule is COC1=C(C(C)(C)c2cc(NC(=O)c3ccc(Cl)cn3)ccc2F)COCC1. The standard InChI is InChI=1S/C21H22ClFN2O3/c1-21(2,16-12-28-9-8-19(16)27-3)15-10-14(5-6-17(15)23)25-20(26)18-7-4-13(22)11-24-18/h4-7,10-11H,8-9,12H2,1-3H3,(H,25,26). The van der Waals surface area contributed by atoms with E-state index in [0.29, 0.717) is 35.9 Å². The van der Waals surface area contributed by atoms with Gasteiger partial charge < -0.3 is 14.8 Å². The zero-order valence-corrected chi connectivity index (χ0v) is 16.8. The van der Waals surface area contributed by atoms with Crippen LogP contribution in [0.2, 0.25) is 5.02 Å². The Morgan fingerprint density at radius 2 is 2.11 bits per heavy atom. The Kier molecular flexibility index (Phi) is 6.01. The third-order valence-electron chi connectivity index (χ3n) is 4.91. The van der Waals surface area contributed by atoms with Crippen LogP contribution in [-0.2, 0) is 14.9 Å². The molecule has 5 nitrogen and oxygen atoms in total. The van der Waals surface area contributed by atoms with E-state index in [0.717, 1.165) is 11.3 Å². The lowest BCUT2D eigenvalue weighted by Crippen LogP contribution is -2.30. The van der Waals surface area contributed by atoms with Crippen molar-refractivity contribution >= 4 is 23.2 Å². The van der Waals surface area contributed by atoms with E-state index < -0.39 is 11.3 Å². The van der Waals surface area contributed by atoms with E-state index >= 15 is 0 Å². The van der Waals surface area contributed by atoms with Gasteiger partial charge in [0.25, 0.3) is 5.91 Å². The number of hydrogen-bond donors (Lipinski definition) is 1. The van der Waals surface area contributed by atoms with E-state index in [1.54, 1.807) is 19.2 Å². The quantitative estimate of drug-likeness (QED) is 0.782. The highest BCUT2D eigenvalue weighted by atomic mass is 35.5. The fourth-order valence-electron chi connectivity index (χ4n) is 3.27. The molecule has 0 saturated heterocycles. The molecule has 0 saturated carbocycles. The van der Waals surface area contributed by atoms with Crippen LogP contribution in [0, 0.1) is 5.82 Å². The van der Waals surface area contributed by atoms with Gasteiger partial charge in [0.05, 0.1) is 25.3 Å². The molecule has 2 heterocycles. The molecule has 1 aromatic carbocycles. The first kappa shape index (κ1) is 20.3. The van der Waals surface area contributed by atoms with Crippen LogP contribution < -0.4 is 5.32 Å². The van der Waals surface area contributed by atoms with E-state index in [4.69, 9.17) is 21.1 Å². The highest BCUT2D eigenvalue weighted by Gasteiger charge is 2.33. The number of aromatic nitrogens is 1. The van der Waals surface area contributed by atoms with Gasteiger partial charge in [0.2, 0.25) is 0 Å². The lowest BCUT2D eigenvalue weighted by Gasteiger charge is -2.33. The molecule has 2 aromatic rings. The Balaban J connectivity index is 1.91. The number of nitrogens with zero attached hydrogens (tertiary/aromatic N) is 1. The van der Waals surface area contributed by atoms with E-state index in [-0.39, 0.29) is 11.5 Å². The van der Waals surface area contributed by atoms with Crippen LogP contribution in [0.1, 0.15) is 36.3 Å². The highest BCUT2D eigenvalue weighted by Crippen LogP contribution is 2.38. The van der Waals surface area contributed by atoms with Gasteiger partial charge in [-0.1, -0.05) is 25.4 Å². The normalized spacial score (nSPS) is 14.8. The van der Waals surface area contributed by atoms with Gasteiger partial charge in [-0.15, -0.1) is 0 Å². The molecule has 0 unspecified atom stereocenters. The topological polar surface area (TPSA) is 60.5 Å². The van der Waals surface area contributed by atoms with Crippen molar-refractivity contribution in [1.29, 1.82) is 0 Å². The maximum absolute atomic E-state index is 14.7. The van der Waals surface area contributed by atoms with Crippen molar-refractivity contribution in [3.8, 4) is 0 Å². The second-order valence-corrected chi connectivity index (χ2v) is 7.48. The lowest BCUT2D eigenvalue weighted by molar-refractivity contribution is 0.102. The van der Waals surface area contributed by atoms with Crippen LogP contribution in [0.25, 0.3) is 0 Å². The molecule has 1 N–H and O–H groups in total. The van der Waals surface area contributed by atoms with E-state index in [1.165, 1.54) is 24.4 Å². The minimum absolute atomic E-state index is 0.222. The smallest absolute Gasteiger partial charge is 0.274 e. The zero-order valence-electron chi connectivity index (χ0n) is 16.0. The van der Waals surface area contributed by atoms with E-state index in [9.17, 15) is 9.18 Å². The predicted molar refractivity (Wildman–Crippen MR) is 106 cm³/mol. The Morgan fingerprint density at radius 3 is 2.79 bits per heavy atom. The Hall–Kier alpha value is -2.44. The number of carbonyl (C=O) groups is 1. The average Bonchev–Trinajstić information content (AvgIpc) is 2.69. The molecule has 0 radical (unpaired) electrons. The first-order valence-corrected chi connectivity index (χ1v) is 9.28. The number of amides is 1. The maximum atomic E-state index is 14.7. The Morgan fingerprint density at radius 1 is 1.32 bits per heavy atom. The van der Waals surface area contributed by atoms with E-state index in [2.05, 4.69) is 10.3 Å². The molecule has 1 amide bonds. The molecule has 3 rings (SSSR count). The van der Waals surface area contributed by atoms with Gasteiger partial charge in [-0.3, -0.25) is 4.79 Å². The number of carbonyl (C=O) groups excluding carboxylic acids is 1. The van der Waals surface area contributed by atoms with Gasteiger partial charge in [-0.2, -0.15) is 0 Å². The summed E-state index contributed by atoms with van der Waals surface area (Å²) in [4.78, 5) is 16.4. The fourth-order valence-corrected chi connectivity index (χ4v) is 3.39. The fraction of sp³-hybridized carbons (Fsp3) is 0.333. The minimum atomic E-state index is -0.672. The first-order chi connectivity index (χ1) is 13.3. The van der Waals surface area contributed by atoms with Crippen LogP contribution in [0.3, 0.4) is 0 Å². The minimum Gasteiger partial charge on any atom is -0.501 e. The zero-order chi connectivity index (χ0) is 20.3. The number of hydrogen-bond acceptors (Lipinski definition) is 4. The maximum Gasteiger partial charge on any atom is 0.274 e. The van der Waals surface area contributed by atoms with Crippen LogP contribution in [0.5, 0.6) is 0 Å². The summed E-state index contributed by atoms with van der Waals surface area (Å²) >= 11 is 5.80. The van der Waals surface area contributed by atoms with Crippen molar-refractivity contribution in [2.45, 2.75) is 25.7 Å². The van der Waals surface area contributed by atoms with Gasteiger partial charge in [0.15, 0.2) is 0 Å². The number of rotatable bonds is 5. The third kappa shape index (κ3) is 4.18. The number of ether oxygens (including phenoxy) is 2. The molecule has 7 heteroatoms. The summed E-state index contributed by atoms with van der Waals surface area (Å²) < 4.78 is 25.8. The van der Waals surface area contributed by atoms with Crippen molar-refractivity contribution in [1.82, 2.24) is 4.98 Å². The van der Waals surface area contributed by atoms with Crippen LogP contribution in [0.15, 0.2) is 47.9 Å². The summed E-state index contributed by atoms with van der Waals surface area (Å²) in [6.45, 7) is 4.79. The van der Waals surface area contributed by atoms with Gasteiger partial charge >= 0.3 is 0 Å².